The molecule has 0 aliphatic heterocycles. The quantitative estimate of drug-likeness (QED) is 0.777. The van der Waals surface area contributed by atoms with Crippen LogP contribution in [0.3, 0.4) is 0 Å². The van der Waals surface area contributed by atoms with Crippen molar-refractivity contribution in [2.24, 2.45) is 0 Å². The second-order valence-corrected chi connectivity index (χ2v) is 5.33. The van der Waals surface area contributed by atoms with Crippen molar-refractivity contribution in [3.8, 4) is 0 Å². The van der Waals surface area contributed by atoms with E-state index in [1.165, 1.54) is 11.3 Å². The molecular weight excluding hydrogens is 234 g/mol. The third-order valence-electron chi connectivity index (χ3n) is 3.51. The van der Waals surface area contributed by atoms with Crippen LogP contribution in [0, 0.1) is 0 Å². The van der Waals surface area contributed by atoms with Crippen molar-refractivity contribution in [2.75, 3.05) is 38.6 Å². The highest BCUT2D eigenvalue weighted by molar-refractivity contribution is 5.47. The summed E-state index contributed by atoms with van der Waals surface area (Å²) in [5.41, 5.74) is 2.60. The van der Waals surface area contributed by atoms with Gasteiger partial charge in [0.25, 0.3) is 0 Å². The molecule has 0 heterocycles. The molecule has 1 atom stereocenters. The van der Waals surface area contributed by atoms with Gasteiger partial charge in [0.05, 0.1) is 0 Å². The molecule has 3 nitrogen and oxygen atoms in total. The van der Waals surface area contributed by atoms with E-state index in [1.807, 2.05) is 0 Å². The lowest BCUT2D eigenvalue weighted by molar-refractivity contribution is 0.270. The van der Waals surface area contributed by atoms with Crippen molar-refractivity contribution in [1.29, 1.82) is 0 Å². The zero-order valence-electron chi connectivity index (χ0n) is 13.1. The minimum absolute atomic E-state index is 0.517. The zero-order valence-corrected chi connectivity index (χ0v) is 13.1. The van der Waals surface area contributed by atoms with Gasteiger partial charge in [-0.25, -0.2) is 0 Å². The Labute approximate surface area is 118 Å². The van der Waals surface area contributed by atoms with E-state index >= 15 is 0 Å². The molecule has 0 saturated carbocycles. The number of hydrogen-bond donors (Lipinski definition) is 1. The van der Waals surface area contributed by atoms with Crippen LogP contribution in [0.25, 0.3) is 0 Å². The van der Waals surface area contributed by atoms with Crippen LogP contribution in [-0.4, -0.2) is 44.7 Å². The van der Waals surface area contributed by atoms with Crippen LogP contribution in [0.15, 0.2) is 24.3 Å². The molecule has 3 heteroatoms. The first-order valence-corrected chi connectivity index (χ1v) is 7.28. The van der Waals surface area contributed by atoms with E-state index < -0.39 is 0 Å². The van der Waals surface area contributed by atoms with Crippen LogP contribution in [0.1, 0.15) is 26.3 Å². The summed E-state index contributed by atoms with van der Waals surface area (Å²) in [6, 6.07) is 9.22. The normalized spacial score (nSPS) is 12.7. The largest absolute Gasteiger partial charge is 0.378 e. The van der Waals surface area contributed by atoms with E-state index in [0.29, 0.717) is 6.04 Å². The van der Waals surface area contributed by atoms with Gasteiger partial charge in [0.2, 0.25) is 0 Å². The number of nitrogens with zero attached hydrogens (tertiary/aromatic N) is 2. The molecule has 19 heavy (non-hydrogen) atoms. The summed E-state index contributed by atoms with van der Waals surface area (Å²) < 4.78 is 0. The lowest BCUT2D eigenvalue weighted by Gasteiger charge is -2.23. The number of benzene rings is 1. The van der Waals surface area contributed by atoms with Gasteiger partial charge in [0.15, 0.2) is 0 Å². The van der Waals surface area contributed by atoms with Gasteiger partial charge in [-0.05, 0) is 37.7 Å². The Morgan fingerprint density at radius 2 is 1.84 bits per heavy atom. The first kappa shape index (κ1) is 16.0. The lowest BCUT2D eigenvalue weighted by Crippen LogP contribution is -2.38. The van der Waals surface area contributed by atoms with Crippen molar-refractivity contribution >= 4 is 5.69 Å². The summed E-state index contributed by atoms with van der Waals surface area (Å²) in [6.45, 7) is 11.0. The fraction of sp³-hybridized carbons (Fsp3) is 0.625. The fourth-order valence-corrected chi connectivity index (χ4v) is 2.17. The molecule has 1 aromatic rings. The second kappa shape index (κ2) is 8.18. The van der Waals surface area contributed by atoms with Crippen molar-refractivity contribution in [1.82, 2.24) is 10.2 Å². The molecule has 0 amide bonds. The maximum atomic E-state index is 3.60. The summed E-state index contributed by atoms with van der Waals surface area (Å²) in [7, 11) is 4.16. The van der Waals surface area contributed by atoms with Crippen LogP contribution in [0.4, 0.5) is 5.69 Å². The maximum Gasteiger partial charge on any atom is 0.0364 e. The number of likely N-dealkylation sites (N-methyl/N-ethyl adjacent to an activating group) is 1. The average Bonchev–Trinajstić information content (AvgIpc) is 2.42. The highest BCUT2D eigenvalue weighted by Crippen LogP contribution is 2.13. The third kappa shape index (κ3) is 5.62. The number of hydrogen-bond acceptors (Lipinski definition) is 3. The molecule has 0 fully saturated rings. The Bertz CT molecular complexity index is 359. The van der Waals surface area contributed by atoms with Crippen molar-refractivity contribution in [2.45, 2.75) is 33.4 Å². The molecule has 1 N–H and O–H groups in total. The minimum Gasteiger partial charge on any atom is -0.378 e. The number of anilines is 1. The maximum absolute atomic E-state index is 3.60. The first-order valence-electron chi connectivity index (χ1n) is 7.28. The molecular formula is C16H29N3. The molecule has 0 bridgehead atoms. The van der Waals surface area contributed by atoms with Gasteiger partial charge in [0.1, 0.15) is 0 Å². The summed E-state index contributed by atoms with van der Waals surface area (Å²) in [6.07, 6.45) is 0. The van der Waals surface area contributed by atoms with Gasteiger partial charge in [-0.1, -0.05) is 26.0 Å². The molecule has 0 spiro atoms. The molecule has 1 unspecified atom stereocenters. The standard InChI is InChI=1S/C16H29N3/c1-6-19(7-2)13-14(3)17-12-15-9-8-10-16(11-15)18(4)5/h8-11,14,17H,6-7,12-13H2,1-5H3. The molecule has 0 aliphatic rings. The van der Waals surface area contributed by atoms with E-state index in [4.69, 9.17) is 0 Å². The van der Waals surface area contributed by atoms with Crippen molar-refractivity contribution in [3.05, 3.63) is 29.8 Å². The van der Waals surface area contributed by atoms with Crippen LogP contribution in [-0.2, 0) is 6.54 Å². The molecule has 0 saturated heterocycles. The van der Waals surface area contributed by atoms with E-state index in [2.05, 4.69) is 74.2 Å². The van der Waals surface area contributed by atoms with E-state index in [-0.39, 0.29) is 0 Å². The monoisotopic (exact) mass is 263 g/mol. The van der Waals surface area contributed by atoms with Gasteiger partial charge in [-0.2, -0.15) is 0 Å². The lowest BCUT2D eigenvalue weighted by atomic mass is 10.2. The molecule has 0 aromatic heterocycles. The van der Waals surface area contributed by atoms with Gasteiger partial charge in [-0.15, -0.1) is 0 Å². The van der Waals surface area contributed by atoms with Gasteiger partial charge >= 0.3 is 0 Å². The highest BCUT2D eigenvalue weighted by atomic mass is 15.1. The predicted octanol–water partition coefficient (Wildman–Crippen LogP) is 2.57. The summed E-state index contributed by atoms with van der Waals surface area (Å²) in [5, 5.41) is 3.60. The SMILES string of the molecule is CCN(CC)CC(C)NCc1cccc(N(C)C)c1. The Morgan fingerprint density at radius 3 is 2.42 bits per heavy atom. The third-order valence-corrected chi connectivity index (χ3v) is 3.51. The summed E-state index contributed by atoms with van der Waals surface area (Å²) in [5.74, 6) is 0. The minimum atomic E-state index is 0.517. The van der Waals surface area contributed by atoms with Gasteiger partial charge in [0, 0.05) is 38.9 Å². The van der Waals surface area contributed by atoms with E-state index in [0.717, 1.165) is 26.2 Å². The Morgan fingerprint density at radius 1 is 1.16 bits per heavy atom. The molecule has 0 radical (unpaired) electrons. The highest BCUT2D eigenvalue weighted by Gasteiger charge is 2.06. The molecule has 108 valence electrons. The summed E-state index contributed by atoms with van der Waals surface area (Å²) in [4.78, 5) is 4.59. The predicted molar refractivity (Wildman–Crippen MR) is 84.9 cm³/mol. The molecule has 1 rings (SSSR count). The van der Waals surface area contributed by atoms with E-state index in [1.54, 1.807) is 0 Å². The number of nitrogens with one attached hydrogen (secondary N) is 1. The Hall–Kier alpha value is -1.06. The Balaban J connectivity index is 2.45. The zero-order chi connectivity index (χ0) is 14.3. The fourth-order valence-electron chi connectivity index (χ4n) is 2.17. The van der Waals surface area contributed by atoms with Crippen LogP contribution in [0.5, 0.6) is 0 Å². The average molecular weight is 263 g/mol. The number of rotatable bonds is 8. The topological polar surface area (TPSA) is 18.5 Å². The van der Waals surface area contributed by atoms with E-state index in [9.17, 15) is 0 Å². The van der Waals surface area contributed by atoms with Crippen LogP contribution in [0.2, 0.25) is 0 Å². The van der Waals surface area contributed by atoms with Gasteiger partial charge < -0.3 is 15.1 Å². The second-order valence-electron chi connectivity index (χ2n) is 5.33. The molecule has 0 aliphatic carbocycles. The van der Waals surface area contributed by atoms with Gasteiger partial charge in [-0.3, -0.25) is 0 Å². The summed E-state index contributed by atoms with van der Waals surface area (Å²) >= 11 is 0. The first-order chi connectivity index (χ1) is 9.06. The smallest absolute Gasteiger partial charge is 0.0364 e. The van der Waals surface area contributed by atoms with Crippen LogP contribution < -0.4 is 10.2 Å². The van der Waals surface area contributed by atoms with Crippen LogP contribution >= 0.6 is 0 Å². The molecule has 1 aromatic carbocycles. The van der Waals surface area contributed by atoms with Crippen molar-refractivity contribution in [3.63, 3.8) is 0 Å². The Kier molecular flexibility index (Phi) is 6.89. The van der Waals surface area contributed by atoms with Crippen molar-refractivity contribution < 1.29 is 0 Å².